The van der Waals surface area contributed by atoms with Gasteiger partial charge in [0, 0.05) is 36.6 Å². The van der Waals surface area contributed by atoms with Gasteiger partial charge in [-0.2, -0.15) is 8.78 Å². The van der Waals surface area contributed by atoms with Crippen LogP contribution in [0.2, 0.25) is 0 Å². The van der Waals surface area contributed by atoms with E-state index in [1.807, 2.05) is 4.57 Å². The van der Waals surface area contributed by atoms with E-state index in [-0.39, 0.29) is 13.1 Å². The summed E-state index contributed by atoms with van der Waals surface area (Å²) >= 11 is 0. The Morgan fingerprint density at radius 2 is 2.32 bits per heavy atom. The monoisotopic (exact) mass is 275 g/mol. The number of carbonyl (C=O) groups excluding carboxylic acids is 1. The molecule has 0 aromatic carbocycles. The summed E-state index contributed by atoms with van der Waals surface area (Å²) in [6.45, 7) is 0.391. The van der Waals surface area contributed by atoms with Crippen LogP contribution in [0.4, 0.5) is 13.3 Å². The van der Waals surface area contributed by atoms with Crippen LogP contribution in [0.5, 0.6) is 0 Å². The Bertz CT molecular complexity index is 474. The highest BCUT2D eigenvalue weighted by Crippen LogP contribution is 2.26. The maximum atomic E-state index is 13.4. The van der Waals surface area contributed by atoms with Crippen LogP contribution >= 0.6 is 0 Å². The lowest BCUT2D eigenvalue weighted by molar-refractivity contribution is -0.236. The number of nitrogens with zero attached hydrogens (tertiary/aromatic N) is 3. The average molecular weight is 275 g/mol. The highest BCUT2D eigenvalue weighted by molar-refractivity contribution is 5.76. The van der Waals surface area contributed by atoms with E-state index in [0.717, 1.165) is 5.57 Å². The first-order valence-corrected chi connectivity index (χ1v) is 5.63. The van der Waals surface area contributed by atoms with E-state index in [1.165, 1.54) is 0 Å². The van der Waals surface area contributed by atoms with Gasteiger partial charge in [-0.15, -0.1) is 0 Å². The molecule has 1 aromatic heterocycles. The van der Waals surface area contributed by atoms with E-state index < -0.39 is 12.0 Å². The number of hydrogen-bond acceptors (Lipinski definition) is 4. The Morgan fingerprint density at radius 3 is 2.84 bits per heavy atom. The van der Waals surface area contributed by atoms with Crippen LogP contribution in [0.25, 0.3) is 0 Å². The van der Waals surface area contributed by atoms with Crippen molar-refractivity contribution in [1.82, 2.24) is 14.5 Å². The lowest BCUT2D eigenvalue weighted by Crippen LogP contribution is -2.49. The molecule has 0 radical (unpaired) electrons. The van der Waals surface area contributed by atoms with Crippen LogP contribution in [-0.2, 0) is 16.3 Å². The molecule has 19 heavy (non-hydrogen) atoms. The zero-order valence-corrected chi connectivity index (χ0v) is 9.93. The highest BCUT2D eigenvalue weighted by atomic mass is 19.3. The second-order valence-electron chi connectivity index (χ2n) is 4.20. The Hall–Kier alpha value is -1.83. The topological polar surface area (TPSA) is 47.4 Å². The van der Waals surface area contributed by atoms with Gasteiger partial charge in [0.2, 0.25) is 0 Å². The molecule has 0 spiro atoms. The van der Waals surface area contributed by atoms with Crippen LogP contribution < -0.4 is 0 Å². The number of aromatic nitrogens is 2. The van der Waals surface area contributed by atoms with Crippen molar-refractivity contribution >= 4 is 5.97 Å². The Kier molecular flexibility index (Phi) is 3.89. The SMILES string of the molecule is O=C(OF)C(F)(F)N1CC=C(Cn2ccnc2)CC1. The molecule has 0 unspecified atom stereocenters. The number of rotatable bonds is 4. The molecule has 0 amide bonds. The van der Waals surface area contributed by atoms with Crippen molar-refractivity contribution in [1.29, 1.82) is 0 Å². The second kappa shape index (κ2) is 5.43. The molecular formula is C11H12F3N3O2. The number of imidazole rings is 1. The number of alkyl halides is 2. The summed E-state index contributed by atoms with van der Waals surface area (Å²) in [5.41, 5.74) is 0.957. The molecule has 0 saturated carbocycles. The molecular weight excluding hydrogens is 263 g/mol. The zero-order valence-electron chi connectivity index (χ0n) is 9.93. The fourth-order valence-electron chi connectivity index (χ4n) is 1.90. The van der Waals surface area contributed by atoms with Gasteiger partial charge in [0.25, 0.3) is 0 Å². The van der Waals surface area contributed by atoms with E-state index in [9.17, 15) is 18.1 Å². The van der Waals surface area contributed by atoms with Gasteiger partial charge in [0.05, 0.1) is 6.33 Å². The van der Waals surface area contributed by atoms with Crippen molar-refractivity contribution in [2.24, 2.45) is 0 Å². The van der Waals surface area contributed by atoms with Gasteiger partial charge < -0.3 is 4.57 Å². The normalized spacial score (nSPS) is 17.1. The smallest absolute Gasteiger partial charge is 0.333 e. The van der Waals surface area contributed by atoms with Crippen LogP contribution in [0.3, 0.4) is 0 Å². The van der Waals surface area contributed by atoms with E-state index >= 15 is 0 Å². The minimum absolute atomic E-state index is 0.0391. The summed E-state index contributed by atoms with van der Waals surface area (Å²) < 4.78 is 40.1. The number of halogens is 3. The molecule has 0 atom stereocenters. The van der Waals surface area contributed by atoms with E-state index in [1.54, 1.807) is 24.8 Å². The zero-order chi connectivity index (χ0) is 13.9. The van der Waals surface area contributed by atoms with Gasteiger partial charge in [-0.1, -0.05) is 11.6 Å². The van der Waals surface area contributed by atoms with E-state index in [0.29, 0.717) is 17.9 Å². The fraction of sp³-hybridized carbons (Fsp3) is 0.455. The molecule has 2 heterocycles. The maximum Gasteiger partial charge on any atom is 0.434 e. The van der Waals surface area contributed by atoms with Gasteiger partial charge in [-0.25, -0.2) is 19.6 Å². The van der Waals surface area contributed by atoms with Gasteiger partial charge in [-0.3, -0.25) is 0 Å². The third-order valence-corrected chi connectivity index (χ3v) is 2.96. The summed E-state index contributed by atoms with van der Waals surface area (Å²) in [6.07, 6.45) is 6.99. The quantitative estimate of drug-likeness (QED) is 0.617. The molecule has 0 bridgehead atoms. The van der Waals surface area contributed by atoms with Gasteiger partial charge >= 0.3 is 12.0 Å². The van der Waals surface area contributed by atoms with Gasteiger partial charge in [0.1, 0.15) is 0 Å². The molecule has 0 N–H and O–H groups in total. The molecule has 1 aliphatic rings. The fourth-order valence-corrected chi connectivity index (χ4v) is 1.90. The minimum atomic E-state index is -3.94. The maximum absolute atomic E-state index is 13.4. The second-order valence-corrected chi connectivity index (χ2v) is 4.20. The van der Waals surface area contributed by atoms with Gasteiger partial charge in [-0.05, 0) is 6.42 Å². The van der Waals surface area contributed by atoms with E-state index in [2.05, 4.69) is 9.93 Å². The summed E-state index contributed by atoms with van der Waals surface area (Å²) in [6, 6.07) is -3.94. The molecule has 2 rings (SSSR count). The predicted octanol–water partition coefficient (Wildman–Crippen LogP) is 1.54. The number of carbonyl (C=O) groups is 1. The molecule has 0 saturated heterocycles. The lowest BCUT2D eigenvalue weighted by atomic mass is 10.1. The molecule has 0 fully saturated rings. The van der Waals surface area contributed by atoms with Crippen LogP contribution in [0, 0.1) is 0 Å². The summed E-state index contributed by atoms with van der Waals surface area (Å²) in [4.78, 5) is 17.7. The minimum Gasteiger partial charge on any atom is -0.333 e. The Labute approximate surface area is 107 Å². The van der Waals surface area contributed by atoms with Crippen molar-refractivity contribution < 1.29 is 23.0 Å². The van der Waals surface area contributed by atoms with Crippen LogP contribution in [-0.4, -0.2) is 39.6 Å². The highest BCUT2D eigenvalue weighted by Gasteiger charge is 2.48. The lowest BCUT2D eigenvalue weighted by Gasteiger charge is -2.30. The first-order valence-electron chi connectivity index (χ1n) is 5.63. The van der Waals surface area contributed by atoms with Crippen molar-refractivity contribution in [3.05, 3.63) is 30.4 Å². The molecule has 104 valence electrons. The first kappa shape index (κ1) is 13.6. The largest absolute Gasteiger partial charge is 0.434 e. The first-order chi connectivity index (χ1) is 9.04. The van der Waals surface area contributed by atoms with Crippen molar-refractivity contribution in [2.75, 3.05) is 13.1 Å². The Balaban J connectivity index is 1.97. The molecule has 1 aromatic rings. The standard InChI is InChI=1S/C11H12F3N3O2/c12-11(13,10(18)19-14)17-4-1-9(2-5-17)7-16-6-3-15-8-16/h1,3,6,8H,2,4-5,7H2. The number of hydrogen-bond donors (Lipinski definition) is 0. The van der Waals surface area contributed by atoms with Crippen LogP contribution in [0.15, 0.2) is 30.4 Å². The summed E-state index contributed by atoms with van der Waals surface area (Å²) in [5.74, 6) is -2.18. The third kappa shape index (κ3) is 2.95. The summed E-state index contributed by atoms with van der Waals surface area (Å²) in [7, 11) is 0. The van der Waals surface area contributed by atoms with Crippen molar-refractivity contribution in [2.45, 2.75) is 19.0 Å². The molecule has 5 nitrogen and oxygen atoms in total. The molecule has 0 aliphatic carbocycles. The molecule has 8 heteroatoms. The average Bonchev–Trinajstić information content (AvgIpc) is 2.91. The van der Waals surface area contributed by atoms with Gasteiger partial charge in [0.15, 0.2) is 0 Å². The molecule has 1 aliphatic heterocycles. The summed E-state index contributed by atoms with van der Waals surface area (Å²) in [5, 5.41) is 0. The van der Waals surface area contributed by atoms with E-state index in [4.69, 9.17) is 0 Å². The Morgan fingerprint density at radius 1 is 1.53 bits per heavy atom. The van der Waals surface area contributed by atoms with Crippen LogP contribution in [0.1, 0.15) is 6.42 Å². The third-order valence-electron chi connectivity index (χ3n) is 2.96. The van der Waals surface area contributed by atoms with Crippen molar-refractivity contribution in [3.63, 3.8) is 0 Å². The van der Waals surface area contributed by atoms with Crippen molar-refractivity contribution in [3.8, 4) is 0 Å². The predicted molar refractivity (Wildman–Crippen MR) is 58.6 cm³/mol.